The number of methoxy groups -OCH3 is 1. The Morgan fingerprint density at radius 1 is 1.00 bits per heavy atom. The summed E-state index contributed by atoms with van der Waals surface area (Å²) in [4.78, 5) is 17.7. The van der Waals surface area contributed by atoms with Gasteiger partial charge in [-0.1, -0.05) is 37.5 Å². The Bertz CT molecular complexity index is 1180. The minimum atomic E-state index is -3.99. The highest BCUT2D eigenvalue weighted by molar-refractivity contribution is 7.89. The van der Waals surface area contributed by atoms with Crippen LogP contribution in [0.15, 0.2) is 65.7 Å². The minimum absolute atomic E-state index is 0.0767. The van der Waals surface area contributed by atoms with Gasteiger partial charge in [0.2, 0.25) is 15.9 Å². The minimum Gasteiger partial charge on any atom is -0.497 e. The third kappa shape index (κ3) is 4.40. The Hall–Kier alpha value is -2.97. The predicted molar refractivity (Wildman–Crippen MR) is 120 cm³/mol. The average Bonchev–Trinajstić information content (AvgIpc) is 2.79. The number of benzene rings is 2. The van der Waals surface area contributed by atoms with E-state index in [0.29, 0.717) is 29.8 Å². The van der Waals surface area contributed by atoms with Crippen molar-refractivity contribution in [1.29, 1.82) is 0 Å². The van der Waals surface area contributed by atoms with Gasteiger partial charge in [0.25, 0.3) is 0 Å². The van der Waals surface area contributed by atoms with Gasteiger partial charge in [-0.2, -0.15) is 4.72 Å². The summed E-state index contributed by atoms with van der Waals surface area (Å²) in [7, 11) is -2.42. The highest BCUT2D eigenvalue weighted by Crippen LogP contribution is 2.32. The van der Waals surface area contributed by atoms with Gasteiger partial charge in [0.05, 0.1) is 12.6 Å². The number of anilines is 1. The molecule has 0 atom stereocenters. The van der Waals surface area contributed by atoms with Crippen molar-refractivity contribution in [3.8, 4) is 5.75 Å². The van der Waals surface area contributed by atoms with Crippen LogP contribution in [0.3, 0.4) is 0 Å². The van der Waals surface area contributed by atoms with Gasteiger partial charge in [0.15, 0.2) is 0 Å². The van der Waals surface area contributed by atoms with Gasteiger partial charge in [0, 0.05) is 17.3 Å². The van der Waals surface area contributed by atoms with E-state index in [4.69, 9.17) is 4.74 Å². The molecule has 4 rings (SSSR count). The van der Waals surface area contributed by atoms with Crippen LogP contribution in [-0.4, -0.2) is 32.0 Å². The topological polar surface area (TPSA) is 97.4 Å². The van der Waals surface area contributed by atoms with Crippen molar-refractivity contribution in [3.05, 3.63) is 60.8 Å². The average molecular weight is 440 g/mol. The zero-order chi connectivity index (χ0) is 21.9. The summed E-state index contributed by atoms with van der Waals surface area (Å²) in [5.41, 5.74) is -0.241. The summed E-state index contributed by atoms with van der Waals surface area (Å²) >= 11 is 0. The molecule has 1 saturated carbocycles. The van der Waals surface area contributed by atoms with Crippen LogP contribution >= 0.6 is 0 Å². The summed E-state index contributed by atoms with van der Waals surface area (Å²) in [6.45, 7) is 0. The van der Waals surface area contributed by atoms with Crippen molar-refractivity contribution < 1.29 is 17.9 Å². The van der Waals surface area contributed by atoms with E-state index < -0.39 is 15.6 Å². The van der Waals surface area contributed by atoms with Crippen LogP contribution in [0.1, 0.15) is 32.1 Å². The van der Waals surface area contributed by atoms with Crippen LogP contribution in [0.2, 0.25) is 0 Å². The number of rotatable bonds is 6. The van der Waals surface area contributed by atoms with E-state index in [1.54, 1.807) is 49.7 Å². The first-order chi connectivity index (χ1) is 14.9. The monoisotopic (exact) mass is 439 g/mol. The molecule has 3 aromatic rings. The maximum Gasteiger partial charge on any atom is 0.245 e. The number of carbonyl (C=O) groups is 1. The Kier molecular flexibility index (Phi) is 5.93. The lowest BCUT2D eigenvalue weighted by Crippen LogP contribution is -2.57. The second-order valence-electron chi connectivity index (χ2n) is 7.76. The standard InChI is InChI=1S/C23H25N3O4S/c1-30-19-12-10-18(11-13-19)25-22(27)23(14-3-2-4-15-23)26-31(28,29)20-9-5-7-17-8-6-16-24-21(17)20/h5-13,16,26H,2-4,14-15H2,1H3,(H,25,27). The van der Waals surface area contributed by atoms with Crippen molar-refractivity contribution in [2.45, 2.75) is 42.5 Å². The summed E-state index contributed by atoms with van der Waals surface area (Å²) in [5.74, 6) is 0.323. The number of hydrogen-bond donors (Lipinski definition) is 2. The van der Waals surface area contributed by atoms with Crippen LogP contribution in [0.5, 0.6) is 5.75 Å². The van der Waals surface area contributed by atoms with E-state index in [9.17, 15) is 13.2 Å². The summed E-state index contributed by atoms with van der Waals surface area (Å²) in [6, 6.07) is 15.6. The molecule has 0 aliphatic heterocycles. The van der Waals surface area contributed by atoms with Crippen molar-refractivity contribution in [2.24, 2.45) is 0 Å². The van der Waals surface area contributed by atoms with E-state index in [1.165, 1.54) is 6.07 Å². The molecule has 162 valence electrons. The van der Waals surface area contributed by atoms with E-state index in [-0.39, 0.29) is 10.8 Å². The molecular weight excluding hydrogens is 414 g/mol. The van der Waals surface area contributed by atoms with Crippen LogP contribution < -0.4 is 14.8 Å². The molecule has 1 amide bonds. The lowest BCUT2D eigenvalue weighted by atomic mass is 9.82. The lowest BCUT2D eigenvalue weighted by Gasteiger charge is -2.36. The van der Waals surface area contributed by atoms with Crippen molar-refractivity contribution in [2.75, 3.05) is 12.4 Å². The van der Waals surface area contributed by atoms with E-state index in [1.807, 2.05) is 12.1 Å². The van der Waals surface area contributed by atoms with Gasteiger partial charge in [-0.3, -0.25) is 9.78 Å². The van der Waals surface area contributed by atoms with Gasteiger partial charge in [-0.15, -0.1) is 0 Å². The molecule has 8 heteroatoms. The number of ether oxygens (including phenoxy) is 1. The number of sulfonamides is 1. The maximum atomic E-state index is 13.4. The number of para-hydroxylation sites is 1. The van der Waals surface area contributed by atoms with Crippen molar-refractivity contribution in [1.82, 2.24) is 9.71 Å². The number of pyridine rings is 1. The highest BCUT2D eigenvalue weighted by Gasteiger charge is 2.43. The molecule has 31 heavy (non-hydrogen) atoms. The van der Waals surface area contributed by atoms with Gasteiger partial charge in [-0.05, 0) is 49.2 Å². The summed E-state index contributed by atoms with van der Waals surface area (Å²) < 4.78 is 34.7. The fraction of sp³-hybridized carbons (Fsp3) is 0.304. The first kappa shape index (κ1) is 21.3. The highest BCUT2D eigenvalue weighted by atomic mass is 32.2. The summed E-state index contributed by atoms with van der Waals surface area (Å²) in [5, 5.41) is 3.61. The third-order valence-electron chi connectivity index (χ3n) is 5.70. The first-order valence-electron chi connectivity index (χ1n) is 10.3. The Morgan fingerprint density at radius 2 is 1.71 bits per heavy atom. The predicted octanol–water partition coefficient (Wildman–Crippen LogP) is 3.86. The van der Waals surface area contributed by atoms with Crippen LogP contribution in [0, 0.1) is 0 Å². The molecule has 0 unspecified atom stereocenters. The van der Waals surface area contributed by atoms with Crippen LogP contribution in [0.25, 0.3) is 10.9 Å². The quantitative estimate of drug-likeness (QED) is 0.608. The SMILES string of the molecule is COc1ccc(NC(=O)C2(NS(=O)(=O)c3cccc4cccnc34)CCCCC2)cc1. The maximum absolute atomic E-state index is 13.4. The van der Waals surface area contributed by atoms with Gasteiger partial charge >= 0.3 is 0 Å². The fourth-order valence-electron chi connectivity index (χ4n) is 4.06. The smallest absolute Gasteiger partial charge is 0.245 e. The van der Waals surface area contributed by atoms with E-state index in [2.05, 4.69) is 15.0 Å². The number of nitrogens with one attached hydrogen (secondary N) is 2. The Balaban J connectivity index is 1.66. The fourth-order valence-corrected chi connectivity index (χ4v) is 5.67. The molecule has 1 aliphatic carbocycles. The number of fused-ring (bicyclic) bond motifs is 1. The first-order valence-corrected chi connectivity index (χ1v) is 11.8. The number of aromatic nitrogens is 1. The molecule has 0 spiro atoms. The number of carbonyl (C=O) groups excluding carboxylic acids is 1. The van der Waals surface area contributed by atoms with E-state index in [0.717, 1.165) is 24.6 Å². The largest absolute Gasteiger partial charge is 0.497 e. The molecule has 0 radical (unpaired) electrons. The zero-order valence-corrected chi connectivity index (χ0v) is 18.1. The molecule has 1 aromatic heterocycles. The van der Waals surface area contributed by atoms with Gasteiger partial charge in [0.1, 0.15) is 16.2 Å². The van der Waals surface area contributed by atoms with Gasteiger partial charge in [-0.25, -0.2) is 8.42 Å². The molecule has 1 aliphatic rings. The molecule has 1 fully saturated rings. The van der Waals surface area contributed by atoms with Crippen LogP contribution in [0.4, 0.5) is 5.69 Å². The van der Waals surface area contributed by atoms with Crippen molar-refractivity contribution in [3.63, 3.8) is 0 Å². The van der Waals surface area contributed by atoms with Gasteiger partial charge < -0.3 is 10.1 Å². The Morgan fingerprint density at radius 3 is 2.42 bits per heavy atom. The summed E-state index contributed by atoms with van der Waals surface area (Å²) in [6.07, 6.45) is 4.95. The van der Waals surface area contributed by atoms with Crippen LogP contribution in [-0.2, 0) is 14.8 Å². The number of hydrogen-bond acceptors (Lipinski definition) is 5. The third-order valence-corrected chi connectivity index (χ3v) is 7.27. The zero-order valence-electron chi connectivity index (χ0n) is 17.3. The molecule has 0 saturated heterocycles. The van der Waals surface area contributed by atoms with Crippen molar-refractivity contribution >= 4 is 32.5 Å². The second-order valence-corrected chi connectivity index (χ2v) is 9.41. The Labute approximate surface area is 181 Å². The molecule has 2 N–H and O–H groups in total. The molecule has 0 bridgehead atoms. The van der Waals surface area contributed by atoms with E-state index >= 15 is 0 Å². The normalized spacial score (nSPS) is 16.0. The lowest BCUT2D eigenvalue weighted by molar-refractivity contribution is -0.122. The molecule has 7 nitrogen and oxygen atoms in total. The molecular formula is C23H25N3O4S. The second kappa shape index (κ2) is 8.64. The molecule has 1 heterocycles. The molecule has 2 aromatic carbocycles. The number of nitrogens with zero attached hydrogens (tertiary/aromatic N) is 1. The number of amides is 1.